The number of ether oxygens (including phenoxy) is 2. The first-order valence-corrected chi connectivity index (χ1v) is 9.17. The van der Waals surface area contributed by atoms with E-state index in [0.717, 1.165) is 5.56 Å². The van der Waals surface area contributed by atoms with Crippen LogP contribution in [0.1, 0.15) is 42.7 Å². The summed E-state index contributed by atoms with van der Waals surface area (Å²) in [4.78, 5) is 24.1. The van der Waals surface area contributed by atoms with Gasteiger partial charge in [-0.3, -0.25) is 4.79 Å². The molecule has 1 amide bonds. The average Bonchev–Trinajstić information content (AvgIpc) is 2.65. The number of hydrogen-bond donors (Lipinski definition) is 1. The van der Waals surface area contributed by atoms with Crippen molar-refractivity contribution in [3.63, 3.8) is 0 Å². The Bertz CT molecular complexity index is 757. The minimum absolute atomic E-state index is 0.217. The SMILES string of the molecule is CC(C)COc1ccc(C(=O)OCC(=O)N[C@H](C)c2ccc(Cl)cc2)cc1. The molecule has 0 heterocycles. The Kier molecular flexibility index (Phi) is 7.67. The first kappa shape index (κ1) is 20.8. The number of esters is 1. The van der Waals surface area contributed by atoms with E-state index in [0.29, 0.717) is 28.9 Å². The molecule has 0 aliphatic carbocycles. The smallest absolute Gasteiger partial charge is 0.338 e. The quantitative estimate of drug-likeness (QED) is 0.679. The minimum atomic E-state index is -0.556. The second-order valence-electron chi connectivity index (χ2n) is 6.65. The van der Waals surface area contributed by atoms with Crippen molar-refractivity contribution in [1.82, 2.24) is 5.32 Å². The number of carbonyl (C=O) groups excluding carboxylic acids is 2. The van der Waals surface area contributed by atoms with Crippen molar-refractivity contribution in [2.24, 2.45) is 5.92 Å². The van der Waals surface area contributed by atoms with Gasteiger partial charge in [0.1, 0.15) is 5.75 Å². The van der Waals surface area contributed by atoms with Gasteiger partial charge in [-0.15, -0.1) is 0 Å². The Morgan fingerprint density at radius 2 is 1.63 bits per heavy atom. The molecule has 0 fully saturated rings. The Hall–Kier alpha value is -2.53. The lowest BCUT2D eigenvalue weighted by molar-refractivity contribution is -0.124. The van der Waals surface area contributed by atoms with Crippen LogP contribution in [0.4, 0.5) is 0 Å². The van der Waals surface area contributed by atoms with Crippen LogP contribution in [-0.2, 0) is 9.53 Å². The molecule has 6 heteroatoms. The van der Waals surface area contributed by atoms with Crippen molar-refractivity contribution in [1.29, 1.82) is 0 Å². The molecule has 1 N–H and O–H groups in total. The Morgan fingerprint density at radius 1 is 1.00 bits per heavy atom. The monoisotopic (exact) mass is 389 g/mol. The lowest BCUT2D eigenvalue weighted by Gasteiger charge is -2.14. The summed E-state index contributed by atoms with van der Waals surface area (Å²) in [5, 5.41) is 3.41. The van der Waals surface area contributed by atoms with Crippen LogP contribution in [-0.4, -0.2) is 25.1 Å². The standard InChI is InChI=1S/C21H24ClNO4/c1-14(2)12-26-19-10-6-17(7-11-19)21(25)27-13-20(24)23-15(3)16-4-8-18(22)9-5-16/h4-11,14-15H,12-13H2,1-3H3,(H,23,24)/t15-/m1/s1. The van der Waals surface area contributed by atoms with E-state index >= 15 is 0 Å². The van der Waals surface area contributed by atoms with Gasteiger partial charge >= 0.3 is 5.97 Å². The highest BCUT2D eigenvalue weighted by Crippen LogP contribution is 2.16. The zero-order valence-electron chi connectivity index (χ0n) is 15.7. The number of rotatable bonds is 8. The summed E-state index contributed by atoms with van der Waals surface area (Å²) in [5.41, 5.74) is 1.28. The van der Waals surface area contributed by atoms with Gasteiger partial charge in [-0.2, -0.15) is 0 Å². The van der Waals surface area contributed by atoms with Crippen LogP contribution in [0.5, 0.6) is 5.75 Å². The van der Waals surface area contributed by atoms with E-state index in [-0.39, 0.29) is 18.6 Å². The molecule has 1 atom stereocenters. The number of carbonyl (C=O) groups is 2. The van der Waals surface area contributed by atoms with E-state index in [1.165, 1.54) is 0 Å². The first-order valence-electron chi connectivity index (χ1n) is 8.80. The van der Waals surface area contributed by atoms with Gasteiger partial charge in [-0.25, -0.2) is 4.79 Å². The molecule has 0 spiro atoms. The van der Waals surface area contributed by atoms with E-state index in [4.69, 9.17) is 21.1 Å². The molecule has 0 saturated carbocycles. The molecule has 0 aliphatic heterocycles. The highest BCUT2D eigenvalue weighted by molar-refractivity contribution is 6.30. The highest BCUT2D eigenvalue weighted by Gasteiger charge is 2.13. The van der Waals surface area contributed by atoms with Crippen LogP contribution >= 0.6 is 11.6 Å². The molecule has 2 rings (SSSR count). The second-order valence-corrected chi connectivity index (χ2v) is 7.08. The summed E-state index contributed by atoms with van der Waals surface area (Å²) in [5.74, 6) is 0.181. The second kappa shape index (κ2) is 9.97. The van der Waals surface area contributed by atoms with Crippen molar-refractivity contribution >= 4 is 23.5 Å². The van der Waals surface area contributed by atoms with Crippen LogP contribution in [0.2, 0.25) is 5.02 Å². The van der Waals surface area contributed by atoms with E-state index in [2.05, 4.69) is 19.2 Å². The van der Waals surface area contributed by atoms with E-state index in [1.54, 1.807) is 36.4 Å². The third-order valence-electron chi connectivity index (χ3n) is 3.76. The number of nitrogens with one attached hydrogen (secondary N) is 1. The van der Waals surface area contributed by atoms with Crippen LogP contribution in [0.15, 0.2) is 48.5 Å². The fourth-order valence-corrected chi connectivity index (χ4v) is 2.41. The Morgan fingerprint density at radius 3 is 2.22 bits per heavy atom. The van der Waals surface area contributed by atoms with Crippen LogP contribution in [0, 0.1) is 5.92 Å². The van der Waals surface area contributed by atoms with E-state index in [9.17, 15) is 9.59 Å². The van der Waals surface area contributed by atoms with Gasteiger partial charge in [0, 0.05) is 5.02 Å². The van der Waals surface area contributed by atoms with Crippen molar-refractivity contribution in [2.45, 2.75) is 26.8 Å². The van der Waals surface area contributed by atoms with Gasteiger partial charge in [0.2, 0.25) is 0 Å². The maximum absolute atomic E-state index is 12.1. The largest absolute Gasteiger partial charge is 0.493 e. The topological polar surface area (TPSA) is 64.6 Å². The van der Waals surface area contributed by atoms with E-state index in [1.807, 2.05) is 19.1 Å². The predicted molar refractivity (Wildman–Crippen MR) is 105 cm³/mol. The summed E-state index contributed by atoms with van der Waals surface area (Å²) in [7, 11) is 0. The summed E-state index contributed by atoms with van der Waals surface area (Å²) in [6, 6.07) is 13.6. The third kappa shape index (κ3) is 6.94. The molecule has 144 valence electrons. The highest BCUT2D eigenvalue weighted by atomic mass is 35.5. The maximum Gasteiger partial charge on any atom is 0.338 e. The number of benzene rings is 2. The minimum Gasteiger partial charge on any atom is -0.493 e. The van der Waals surface area contributed by atoms with Crippen LogP contribution < -0.4 is 10.1 Å². The van der Waals surface area contributed by atoms with Gasteiger partial charge in [0.15, 0.2) is 6.61 Å². The van der Waals surface area contributed by atoms with Gasteiger partial charge < -0.3 is 14.8 Å². The molecular formula is C21H24ClNO4. The number of hydrogen-bond acceptors (Lipinski definition) is 4. The lowest BCUT2D eigenvalue weighted by Crippen LogP contribution is -2.31. The van der Waals surface area contributed by atoms with Gasteiger partial charge in [-0.1, -0.05) is 37.6 Å². The number of amides is 1. The molecule has 0 bridgehead atoms. The Labute approximate surface area is 164 Å². The van der Waals surface area contributed by atoms with Crippen LogP contribution in [0.3, 0.4) is 0 Å². The molecule has 2 aromatic rings. The zero-order chi connectivity index (χ0) is 19.8. The van der Waals surface area contributed by atoms with Gasteiger partial charge in [0.25, 0.3) is 5.91 Å². The molecular weight excluding hydrogens is 366 g/mol. The summed E-state index contributed by atoms with van der Waals surface area (Å²) in [6.07, 6.45) is 0. The average molecular weight is 390 g/mol. The third-order valence-corrected chi connectivity index (χ3v) is 4.01. The zero-order valence-corrected chi connectivity index (χ0v) is 16.5. The van der Waals surface area contributed by atoms with Crippen molar-refractivity contribution in [3.8, 4) is 5.75 Å². The Balaban J connectivity index is 1.80. The molecule has 0 unspecified atom stereocenters. The summed E-state index contributed by atoms with van der Waals surface area (Å²) >= 11 is 5.85. The summed E-state index contributed by atoms with van der Waals surface area (Å²) < 4.78 is 10.6. The predicted octanol–water partition coefficient (Wildman–Crippen LogP) is 4.41. The fraction of sp³-hybridized carbons (Fsp3) is 0.333. The molecule has 5 nitrogen and oxygen atoms in total. The maximum atomic E-state index is 12.1. The van der Waals surface area contributed by atoms with Crippen LogP contribution in [0.25, 0.3) is 0 Å². The first-order chi connectivity index (χ1) is 12.8. The van der Waals surface area contributed by atoms with E-state index < -0.39 is 5.97 Å². The van der Waals surface area contributed by atoms with Crippen molar-refractivity contribution in [2.75, 3.05) is 13.2 Å². The molecule has 0 saturated heterocycles. The van der Waals surface area contributed by atoms with Gasteiger partial charge in [-0.05, 0) is 54.8 Å². The number of halogens is 1. The van der Waals surface area contributed by atoms with Gasteiger partial charge in [0.05, 0.1) is 18.2 Å². The molecule has 27 heavy (non-hydrogen) atoms. The molecule has 0 aromatic heterocycles. The van der Waals surface area contributed by atoms with Crippen molar-refractivity contribution in [3.05, 3.63) is 64.7 Å². The normalized spacial score (nSPS) is 11.7. The molecule has 0 aliphatic rings. The molecule has 0 radical (unpaired) electrons. The lowest BCUT2D eigenvalue weighted by atomic mass is 10.1. The van der Waals surface area contributed by atoms with Crippen molar-refractivity contribution < 1.29 is 19.1 Å². The fourth-order valence-electron chi connectivity index (χ4n) is 2.28. The molecule has 2 aromatic carbocycles. The summed E-state index contributed by atoms with van der Waals surface area (Å²) in [6.45, 7) is 6.23.